The van der Waals surface area contributed by atoms with Gasteiger partial charge < -0.3 is 9.31 Å². The van der Waals surface area contributed by atoms with Crippen molar-refractivity contribution in [1.29, 1.82) is 0 Å². The summed E-state index contributed by atoms with van der Waals surface area (Å²) >= 11 is 3.30. The zero-order valence-corrected chi connectivity index (χ0v) is 14.0. The van der Waals surface area contributed by atoms with Gasteiger partial charge in [-0.1, -0.05) is 0 Å². The van der Waals surface area contributed by atoms with E-state index in [9.17, 15) is 0 Å². The Kier molecular flexibility index (Phi) is 3.42. The lowest BCUT2D eigenvalue weighted by molar-refractivity contribution is 0.00578. The van der Waals surface area contributed by atoms with Gasteiger partial charge >= 0.3 is 7.12 Å². The summed E-state index contributed by atoms with van der Waals surface area (Å²) < 4.78 is 14.4. The summed E-state index contributed by atoms with van der Waals surface area (Å²) in [6, 6.07) is 0. The Morgan fingerprint density at radius 1 is 1.05 bits per heavy atom. The minimum absolute atomic E-state index is 0.382. The molecular formula is C13H16BBrN4O2. The molecule has 0 unspecified atom stereocenters. The van der Waals surface area contributed by atoms with Crippen LogP contribution in [-0.2, 0) is 9.31 Å². The Hall–Kier alpha value is -1.25. The van der Waals surface area contributed by atoms with Gasteiger partial charge in [-0.2, -0.15) is 0 Å². The zero-order valence-electron chi connectivity index (χ0n) is 12.4. The number of hydrogen-bond acceptors (Lipinski definition) is 5. The van der Waals surface area contributed by atoms with E-state index in [1.807, 2.05) is 33.9 Å². The molecule has 110 valence electrons. The van der Waals surface area contributed by atoms with E-state index < -0.39 is 7.12 Å². The molecule has 0 spiro atoms. The van der Waals surface area contributed by atoms with E-state index in [0.29, 0.717) is 11.4 Å². The highest BCUT2D eigenvalue weighted by atomic mass is 79.9. The molecule has 0 bridgehead atoms. The van der Waals surface area contributed by atoms with Crippen LogP contribution in [0.2, 0.25) is 0 Å². The maximum atomic E-state index is 5.95. The molecule has 2 aromatic rings. The van der Waals surface area contributed by atoms with E-state index in [-0.39, 0.29) is 11.2 Å². The quantitative estimate of drug-likeness (QED) is 0.772. The molecule has 3 heterocycles. The predicted molar refractivity (Wildman–Crippen MR) is 82.6 cm³/mol. The number of imidazole rings is 1. The Bertz CT molecular complexity index is 640. The van der Waals surface area contributed by atoms with Crippen molar-refractivity contribution in [2.75, 3.05) is 0 Å². The van der Waals surface area contributed by atoms with E-state index in [4.69, 9.17) is 9.31 Å². The molecule has 1 saturated heterocycles. The van der Waals surface area contributed by atoms with Crippen LogP contribution in [-0.4, -0.2) is 37.8 Å². The summed E-state index contributed by atoms with van der Waals surface area (Å²) in [5, 5.41) is 0. The Morgan fingerprint density at radius 2 is 1.71 bits per heavy atom. The maximum absolute atomic E-state index is 5.95. The molecular weight excluding hydrogens is 335 g/mol. The van der Waals surface area contributed by atoms with Crippen molar-refractivity contribution in [3.05, 3.63) is 29.5 Å². The third-order valence-electron chi connectivity index (χ3n) is 3.97. The van der Waals surface area contributed by atoms with E-state index >= 15 is 0 Å². The van der Waals surface area contributed by atoms with Crippen LogP contribution >= 0.6 is 15.9 Å². The van der Waals surface area contributed by atoms with Crippen molar-refractivity contribution >= 4 is 28.6 Å². The lowest BCUT2D eigenvalue weighted by atomic mass is 9.85. The average molecular weight is 351 g/mol. The molecule has 0 saturated carbocycles. The maximum Gasteiger partial charge on any atom is 0.516 e. The van der Waals surface area contributed by atoms with Gasteiger partial charge in [-0.3, -0.25) is 9.55 Å². The minimum Gasteiger partial charge on any atom is -0.398 e. The Labute approximate surface area is 132 Å². The van der Waals surface area contributed by atoms with Crippen molar-refractivity contribution in [1.82, 2.24) is 19.5 Å². The van der Waals surface area contributed by atoms with Crippen molar-refractivity contribution in [2.45, 2.75) is 38.9 Å². The smallest absolute Gasteiger partial charge is 0.398 e. The van der Waals surface area contributed by atoms with Crippen LogP contribution < -0.4 is 5.59 Å². The SMILES string of the molecule is CC1(C)OB(c2cnc(-n3cnc(Br)c3)cn2)OC1(C)C. The molecule has 0 radical (unpaired) electrons. The third kappa shape index (κ3) is 2.63. The first-order valence-corrected chi connectivity index (χ1v) is 7.45. The van der Waals surface area contributed by atoms with Crippen LogP contribution in [0.4, 0.5) is 0 Å². The van der Waals surface area contributed by atoms with Crippen LogP contribution in [0.15, 0.2) is 29.5 Å². The van der Waals surface area contributed by atoms with Gasteiger partial charge in [0.05, 0.1) is 23.0 Å². The Morgan fingerprint density at radius 3 is 2.19 bits per heavy atom. The number of rotatable bonds is 2. The van der Waals surface area contributed by atoms with E-state index in [0.717, 1.165) is 4.60 Å². The highest BCUT2D eigenvalue weighted by molar-refractivity contribution is 9.10. The second-order valence-electron chi connectivity index (χ2n) is 5.99. The normalized spacial score (nSPS) is 20.0. The molecule has 6 nitrogen and oxygen atoms in total. The number of hydrogen-bond donors (Lipinski definition) is 0. The zero-order chi connectivity index (χ0) is 15.3. The molecule has 1 fully saturated rings. The molecule has 0 atom stereocenters. The first-order chi connectivity index (χ1) is 9.78. The van der Waals surface area contributed by atoms with E-state index in [2.05, 4.69) is 30.9 Å². The first-order valence-electron chi connectivity index (χ1n) is 6.66. The van der Waals surface area contributed by atoms with E-state index in [1.165, 1.54) is 0 Å². The van der Waals surface area contributed by atoms with Crippen LogP contribution in [0, 0.1) is 0 Å². The molecule has 2 aromatic heterocycles. The molecule has 0 amide bonds. The van der Waals surface area contributed by atoms with Gasteiger partial charge in [0.15, 0.2) is 5.82 Å². The van der Waals surface area contributed by atoms with Crippen molar-refractivity contribution in [2.24, 2.45) is 0 Å². The molecule has 0 aliphatic carbocycles. The number of aromatic nitrogens is 4. The fourth-order valence-corrected chi connectivity index (χ4v) is 2.29. The van der Waals surface area contributed by atoms with Crippen molar-refractivity contribution in [3.8, 4) is 5.82 Å². The fraction of sp³-hybridized carbons (Fsp3) is 0.462. The molecule has 0 N–H and O–H groups in total. The van der Waals surface area contributed by atoms with Crippen molar-refractivity contribution in [3.63, 3.8) is 0 Å². The average Bonchev–Trinajstić information content (AvgIpc) is 2.92. The van der Waals surface area contributed by atoms with E-state index in [1.54, 1.807) is 23.3 Å². The van der Waals surface area contributed by atoms with Crippen molar-refractivity contribution < 1.29 is 9.31 Å². The second-order valence-corrected chi connectivity index (χ2v) is 6.80. The number of nitrogens with zero attached hydrogens (tertiary/aromatic N) is 4. The van der Waals surface area contributed by atoms with Gasteiger partial charge in [-0.15, -0.1) is 0 Å². The summed E-state index contributed by atoms with van der Waals surface area (Å²) in [5.41, 5.74) is -0.0999. The van der Waals surface area contributed by atoms with Crippen LogP contribution in [0.3, 0.4) is 0 Å². The molecule has 1 aliphatic heterocycles. The van der Waals surface area contributed by atoms with Crippen LogP contribution in [0.25, 0.3) is 5.82 Å². The standard InChI is InChI=1S/C13H16BBrN4O2/c1-12(2)13(3,4)21-14(20-12)9-5-17-11(6-16-9)19-7-10(15)18-8-19/h5-8H,1-4H3. The molecule has 0 aromatic carbocycles. The summed E-state index contributed by atoms with van der Waals surface area (Å²) in [6.45, 7) is 8.05. The summed E-state index contributed by atoms with van der Waals surface area (Å²) in [4.78, 5) is 12.9. The van der Waals surface area contributed by atoms with Gasteiger partial charge in [0.2, 0.25) is 0 Å². The summed E-state index contributed by atoms with van der Waals surface area (Å²) in [7, 11) is -0.494. The molecule has 3 rings (SSSR count). The predicted octanol–water partition coefficient (Wildman–Crippen LogP) is 1.72. The topological polar surface area (TPSA) is 62.1 Å². The fourth-order valence-electron chi connectivity index (χ4n) is 1.97. The summed E-state index contributed by atoms with van der Waals surface area (Å²) in [5.74, 6) is 0.688. The van der Waals surface area contributed by atoms with Gasteiger partial charge in [-0.05, 0) is 43.6 Å². The molecule has 1 aliphatic rings. The lowest BCUT2D eigenvalue weighted by Gasteiger charge is -2.32. The van der Waals surface area contributed by atoms with Gasteiger partial charge in [0.25, 0.3) is 0 Å². The Balaban J connectivity index is 1.83. The monoisotopic (exact) mass is 350 g/mol. The lowest BCUT2D eigenvalue weighted by Crippen LogP contribution is -2.41. The van der Waals surface area contributed by atoms with Crippen LogP contribution in [0.1, 0.15) is 27.7 Å². The second kappa shape index (κ2) is 4.89. The third-order valence-corrected chi connectivity index (χ3v) is 4.38. The van der Waals surface area contributed by atoms with Gasteiger partial charge in [-0.25, -0.2) is 9.97 Å². The van der Waals surface area contributed by atoms with Crippen LogP contribution in [0.5, 0.6) is 0 Å². The highest BCUT2D eigenvalue weighted by Crippen LogP contribution is 2.36. The largest absolute Gasteiger partial charge is 0.516 e. The highest BCUT2D eigenvalue weighted by Gasteiger charge is 2.52. The first kappa shape index (κ1) is 14.7. The molecule has 21 heavy (non-hydrogen) atoms. The molecule has 8 heteroatoms. The minimum atomic E-state index is -0.494. The van der Waals surface area contributed by atoms with Gasteiger partial charge in [0, 0.05) is 12.4 Å². The number of halogens is 1. The van der Waals surface area contributed by atoms with Gasteiger partial charge in [0.1, 0.15) is 10.9 Å². The summed E-state index contributed by atoms with van der Waals surface area (Å²) in [6.07, 6.45) is 6.83.